The zero-order valence-electron chi connectivity index (χ0n) is 15.5. The molecule has 0 saturated heterocycles. The first-order valence-electron chi connectivity index (χ1n) is 8.49. The van der Waals surface area contributed by atoms with Crippen LogP contribution in [0, 0.1) is 19.3 Å². The zero-order chi connectivity index (χ0) is 16.9. The third-order valence-corrected chi connectivity index (χ3v) is 4.16. The van der Waals surface area contributed by atoms with E-state index in [9.17, 15) is 4.79 Å². The van der Waals surface area contributed by atoms with Gasteiger partial charge in [0.15, 0.2) is 0 Å². The van der Waals surface area contributed by atoms with Crippen LogP contribution in [-0.2, 0) is 11.3 Å². The Morgan fingerprint density at radius 3 is 2.32 bits per heavy atom. The molecule has 1 unspecified atom stereocenters. The van der Waals surface area contributed by atoms with Gasteiger partial charge < -0.3 is 4.90 Å². The quantitative estimate of drug-likeness (QED) is 0.702. The predicted molar refractivity (Wildman–Crippen MR) is 94.9 cm³/mol. The summed E-state index contributed by atoms with van der Waals surface area (Å²) in [5, 5.41) is 0. The molecule has 1 aromatic carbocycles. The molecule has 1 amide bonds. The van der Waals surface area contributed by atoms with Gasteiger partial charge in [0.1, 0.15) is 0 Å². The van der Waals surface area contributed by atoms with E-state index in [1.165, 1.54) is 16.7 Å². The lowest BCUT2D eigenvalue weighted by molar-refractivity contribution is -0.136. The summed E-state index contributed by atoms with van der Waals surface area (Å²) in [6.07, 6.45) is 2.76. The van der Waals surface area contributed by atoms with Crippen molar-refractivity contribution in [2.75, 3.05) is 0 Å². The lowest BCUT2D eigenvalue weighted by Gasteiger charge is -2.32. The molecule has 2 heteroatoms. The second-order valence-corrected chi connectivity index (χ2v) is 7.82. The number of carbonyl (C=O) groups excluding carboxylic acids is 1. The molecule has 0 radical (unpaired) electrons. The first-order chi connectivity index (χ1) is 10.1. The van der Waals surface area contributed by atoms with Gasteiger partial charge in [-0.2, -0.15) is 0 Å². The molecule has 0 fully saturated rings. The molecule has 0 aliphatic heterocycles. The summed E-state index contributed by atoms with van der Waals surface area (Å²) < 4.78 is 0. The Kier molecular flexibility index (Phi) is 6.65. The molecule has 0 saturated carbocycles. The molecule has 124 valence electrons. The molecule has 0 aliphatic carbocycles. The highest BCUT2D eigenvalue weighted by atomic mass is 16.2. The molecule has 1 aromatic rings. The number of carbonyl (C=O) groups is 1. The van der Waals surface area contributed by atoms with Crippen LogP contribution in [-0.4, -0.2) is 16.8 Å². The maximum absolute atomic E-state index is 12.8. The van der Waals surface area contributed by atoms with Crippen molar-refractivity contribution in [1.29, 1.82) is 0 Å². The second-order valence-electron chi connectivity index (χ2n) is 7.82. The molecule has 0 N–H and O–H groups in total. The average molecular weight is 303 g/mol. The van der Waals surface area contributed by atoms with Crippen molar-refractivity contribution >= 4 is 5.91 Å². The fourth-order valence-corrected chi connectivity index (χ4v) is 2.72. The summed E-state index contributed by atoms with van der Waals surface area (Å²) in [7, 11) is 0. The normalized spacial score (nSPS) is 13.0. The summed E-state index contributed by atoms with van der Waals surface area (Å²) >= 11 is 0. The maximum atomic E-state index is 12.8. The largest absolute Gasteiger partial charge is 0.336 e. The summed E-state index contributed by atoms with van der Waals surface area (Å²) in [4.78, 5) is 14.8. The van der Waals surface area contributed by atoms with Gasteiger partial charge >= 0.3 is 0 Å². The van der Waals surface area contributed by atoms with E-state index in [0.717, 1.165) is 19.4 Å². The van der Waals surface area contributed by atoms with E-state index in [-0.39, 0.29) is 11.3 Å². The Balaban J connectivity index is 2.94. The number of hydrogen-bond acceptors (Lipinski definition) is 1. The highest BCUT2D eigenvalue weighted by Crippen LogP contribution is 2.23. The third kappa shape index (κ3) is 5.82. The van der Waals surface area contributed by atoms with Crippen LogP contribution < -0.4 is 0 Å². The molecule has 0 aliphatic rings. The van der Waals surface area contributed by atoms with E-state index in [1.807, 2.05) is 0 Å². The van der Waals surface area contributed by atoms with Crippen LogP contribution >= 0.6 is 0 Å². The SMILES string of the molecule is CCCC(C)N(Cc1ccc(C)c(C)c1)C(=O)CC(C)(C)C. The summed E-state index contributed by atoms with van der Waals surface area (Å²) in [5.74, 6) is 0.270. The van der Waals surface area contributed by atoms with E-state index in [0.29, 0.717) is 12.5 Å². The first kappa shape index (κ1) is 18.7. The molecule has 22 heavy (non-hydrogen) atoms. The van der Waals surface area contributed by atoms with Crippen molar-refractivity contribution in [2.24, 2.45) is 5.41 Å². The van der Waals surface area contributed by atoms with Crippen LogP contribution in [0.5, 0.6) is 0 Å². The first-order valence-corrected chi connectivity index (χ1v) is 8.49. The van der Waals surface area contributed by atoms with Gasteiger partial charge in [-0.15, -0.1) is 0 Å². The topological polar surface area (TPSA) is 20.3 Å². The maximum Gasteiger partial charge on any atom is 0.223 e. The number of rotatable bonds is 6. The highest BCUT2D eigenvalue weighted by molar-refractivity contribution is 5.77. The average Bonchev–Trinajstić information content (AvgIpc) is 2.38. The number of amides is 1. The molecule has 0 aromatic heterocycles. The Morgan fingerprint density at radius 2 is 1.82 bits per heavy atom. The van der Waals surface area contributed by atoms with Gasteiger partial charge in [0.25, 0.3) is 0 Å². The van der Waals surface area contributed by atoms with Gasteiger partial charge in [0.05, 0.1) is 0 Å². The number of hydrogen-bond donors (Lipinski definition) is 0. The van der Waals surface area contributed by atoms with Crippen molar-refractivity contribution in [1.82, 2.24) is 4.90 Å². The summed E-state index contributed by atoms with van der Waals surface area (Å²) in [6.45, 7) is 15.7. The van der Waals surface area contributed by atoms with Crippen molar-refractivity contribution in [3.05, 3.63) is 34.9 Å². The zero-order valence-corrected chi connectivity index (χ0v) is 15.5. The minimum absolute atomic E-state index is 0.0322. The smallest absolute Gasteiger partial charge is 0.223 e. The standard InChI is InChI=1S/C20H33NO/c1-8-9-17(4)21(19(22)13-20(5,6)7)14-18-11-10-15(2)16(3)12-18/h10-12,17H,8-9,13-14H2,1-7H3. The number of benzene rings is 1. The van der Waals surface area contributed by atoms with Crippen LogP contribution in [0.15, 0.2) is 18.2 Å². The van der Waals surface area contributed by atoms with Gasteiger partial charge in [-0.3, -0.25) is 4.79 Å². The molecular weight excluding hydrogens is 270 g/mol. The van der Waals surface area contributed by atoms with Crippen molar-refractivity contribution in [3.63, 3.8) is 0 Å². The summed E-state index contributed by atoms with van der Waals surface area (Å²) in [5.41, 5.74) is 3.86. The van der Waals surface area contributed by atoms with Crippen LogP contribution in [0.3, 0.4) is 0 Å². The molecular formula is C20H33NO. The van der Waals surface area contributed by atoms with Crippen molar-refractivity contribution in [3.8, 4) is 0 Å². The fourth-order valence-electron chi connectivity index (χ4n) is 2.72. The van der Waals surface area contributed by atoms with E-state index >= 15 is 0 Å². The van der Waals surface area contributed by atoms with Crippen molar-refractivity contribution in [2.45, 2.75) is 80.3 Å². The molecule has 0 heterocycles. The molecule has 2 nitrogen and oxygen atoms in total. The van der Waals surface area contributed by atoms with E-state index < -0.39 is 0 Å². The van der Waals surface area contributed by atoms with Crippen molar-refractivity contribution < 1.29 is 4.79 Å². The minimum atomic E-state index is 0.0322. The van der Waals surface area contributed by atoms with Gasteiger partial charge in [-0.1, -0.05) is 52.3 Å². The van der Waals surface area contributed by atoms with Crippen LogP contribution in [0.1, 0.15) is 70.6 Å². The van der Waals surface area contributed by atoms with E-state index in [2.05, 4.69) is 71.6 Å². The van der Waals surface area contributed by atoms with Crippen LogP contribution in [0.2, 0.25) is 0 Å². The molecule has 0 spiro atoms. The fraction of sp³-hybridized carbons (Fsp3) is 0.650. The number of aryl methyl sites for hydroxylation is 2. The Hall–Kier alpha value is -1.31. The third-order valence-electron chi connectivity index (χ3n) is 4.16. The van der Waals surface area contributed by atoms with Gasteiger partial charge in [-0.05, 0) is 49.3 Å². The lowest BCUT2D eigenvalue weighted by atomic mass is 9.91. The van der Waals surface area contributed by atoms with Crippen LogP contribution in [0.4, 0.5) is 0 Å². The van der Waals surface area contributed by atoms with Gasteiger partial charge in [0, 0.05) is 19.0 Å². The molecule has 0 bridgehead atoms. The van der Waals surface area contributed by atoms with Gasteiger partial charge in [-0.25, -0.2) is 0 Å². The van der Waals surface area contributed by atoms with Crippen LogP contribution in [0.25, 0.3) is 0 Å². The lowest BCUT2D eigenvalue weighted by Crippen LogP contribution is -2.39. The Bertz CT molecular complexity index is 499. The monoisotopic (exact) mass is 303 g/mol. The Labute approximate surface area is 136 Å². The second kappa shape index (κ2) is 7.80. The predicted octanol–water partition coefficient (Wildman–Crippen LogP) is 5.26. The number of nitrogens with zero attached hydrogens (tertiary/aromatic N) is 1. The highest BCUT2D eigenvalue weighted by Gasteiger charge is 2.24. The molecule has 1 atom stereocenters. The van der Waals surface area contributed by atoms with E-state index in [4.69, 9.17) is 0 Å². The summed E-state index contributed by atoms with van der Waals surface area (Å²) in [6, 6.07) is 6.81. The van der Waals surface area contributed by atoms with Gasteiger partial charge in [0.2, 0.25) is 5.91 Å². The Morgan fingerprint density at radius 1 is 1.18 bits per heavy atom. The molecule has 1 rings (SSSR count). The van der Waals surface area contributed by atoms with E-state index in [1.54, 1.807) is 0 Å². The minimum Gasteiger partial charge on any atom is -0.336 e.